The monoisotopic (exact) mass is 383 g/mol. The van der Waals surface area contributed by atoms with Gasteiger partial charge in [0.05, 0.1) is 22.0 Å². The van der Waals surface area contributed by atoms with Gasteiger partial charge in [-0.15, -0.1) is 0 Å². The molecule has 2 fully saturated rings. The van der Waals surface area contributed by atoms with E-state index in [0.717, 1.165) is 44.6 Å². The molecule has 2 N–H and O–H groups in total. The van der Waals surface area contributed by atoms with Crippen LogP contribution in [0.1, 0.15) is 44.9 Å². The quantitative estimate of drug-likeness (QED) is 0.597. The zero-order valence-electron chi connectivity index (χ0n) is 14.6. The van der Waals surface area contributed by atoms with Crippen LogP contribution in [-0.4, -0.2) is 48.0 Å². The zero-order chi connectivity index (χ0) is 18.7. The molecule has 1 aromatic rings. The Morgan fingerprint density at radius 1 is 1.12 bits per heavy atom. The fraction of sp³-hybridized carbons (Fsp3) is 0.647. The molecule has 144 valence electrons. The third-order valence-electron chi connectivity index (χ3n) is 5.19. The fourth-order valence-corrected chi connectivity index (χ4v) is 5.22. The minimum atomic E-state index is -3.73. The predicted molar refractivity (Wildman–Crippen MR) is 97.6 cm³/mol. The van der Waals surface area contributed by atoms with E-state index in [2.05, 4.69) is 5.32 Å². The summed E-state index contributed by atoms with van der Waals surface area (Å²) in [5, 5.41) is 24.6. The molecule has 0 radical (unpaired) electrons. The van der Waals surface area contributed by atoms with Crippen LogP contribution in [0.5, 0.6) is 0 Å². The highest BCUT2D eigenvalue weighted by molar-refractivity contribution is 7.89. The number of nitro benzene ring substituents is 1. The lowest BCUT2D eigenvalue weighted by Gasteiger charge is -2.29. The molecule has 0 aromatic heterocycles. The third-order valence-corrected chi connectivity index (χ3v) is 7.08. The van der Waals surface area contributed by atoms with E-state index in [1.165, 1.54) is 16.4 Å². The summed E-state index contributed by atoms with van der Waals surface area (Å²) in [4.78, 5) is 10.9. The fourth-order valence-electron chi connectivity index (χ4n) is 3.68. The molecular formula is C17H25N3O5S. The Hall–Kier alpha value is -1.71. The molecule has 9 heteroatoms. The van der Waals surface area contributed by atoms with Gasteiger partial charge in [0, 0.05) is 19.2 Å². The minimum absolute atomic E-state index is 0.0548. The number of rotatable bonds is 5. The molecule has 3 rings (SSSR count). The summed E-state index contributed by atoms with van der Waals surface area (Å²) in [7, 11) is -3.73. The number of aliphatic hydroxyl groups is 1. The van der Waals surface area contributed by atoms with Gasteiger partial charge in [0.2, 0.25) is 10.0 Å². The summed E-state index contributed by atoms with van der Waals surface area (Å²) in [6.45, 7) is 0.898. The summed E-state index contributed by atoms with van der Waals surface area (Å²) in [6.07, 6.45) is 5.33. The number of aliphatic hydroxyl groups excluding tert-OH is 1. The van der Waals surface area contributed by atoms with E-state index in [9.17, 15) is 23.6 Å². The number of nitrogens with zero attached hydrogens (tertiary/aromatic N) is 2. The van der Waals surface area contributed by atoms with Crippen LogP contribution in [0, 0.1) is 10.1 Å². The molecule has 8 nitrogen and oxygen atoms in total. The maximum atomic E-state index is 12.8. The van der Waals surface area contributed by atoms with E-state index < -0.39 is 21.1 Å². The van der Waals surface area contributed by atoms with E-state index in [1.807, 2.05) is 0 Å². The number of nitrogens with one attached hydrogen (secondary N) is 1. The van der Waals surface area contributed by atoms with Crippen molar-refractivity contribution in [2.75, 3.05) is 18.4 Å². The van der Waals surface area contributed by atoms with Gasteiger partial charge in [-0.3, -0.25) is 10.1 Å². The number of hydrogen-bond donors (Lipinski definition) is 2. The molecule has 0 spiro atoms. The molecule has 0 bridgehead atoms. The lowest BCUT2D eigenvalue weighted by Crippen LogP contribution is -2.36. The molecule has 1 aliphatic carbocycles. The van der Waals surface area contributed by atoms with E-state index in [1.54, 1.807) is 0 Å². The normalized spacial score (nSPS) is 25.0. The Morgan fingerprint density at radius 2 is 1.81 bits per heavy atom. The zero-order valence-corrected chi connectivity index (χ0v) is 15.5. The number of anilines is 1. The van der Waals surface area contributed by atoms with Gasteiger partial charge in [0.15, 0.2) is 0 Å². The van der Waals surface area contributed by atoms with Crippen molar-refractivity contribution in [1.82, 2.24) is 4.31 Å². The van der Waals surface area contributed by atoms with Crippen LogP contribution in [0.4, 0.5) is 11.4 Å². The molecule has 1 saturated heterocycles. The average Bonchev–Trinajstić information content (AvgIpc) is 2.64. The molecule has 2 atom stereocenters. The van der Waals surface area contributed by atoms with Crippen molar-refractivity contribution < 1.29 is 18.4 Å². The highest BCUT2D eigenvalue weighted by Gasteiger charge is 2.30. The highest BCUT2D eigenvalue weighted by Crippen LogP contribution is 2.32. The number of hydrogen-bond acceptors (Lipinski definition) is 6. The first-order chi connectivity index (χ1) is 12.4. The Balaban J connectivity index is 1.88. The molecule has 2 aliphatic rings. The van der Waals surface area contributed by atoms with Crippen LogP contribution >= 0.6 is 0 Å². The van der Waals surface area contributed by atoms with Gasteiger partial charge in [-0.1, -0.05) is 19.3 Å². The molecule has 1 saturated carbocycles. The molecule has 26 heavy (non-hydrogen) atoms. The van der Waals surface area contributed by atoms with Gasteiger partial charge >= 0.3 is 0 Å². The Labute approximate surface area is 153 Å². The largest absolute Gasteiger partial charge is 0.391 e. The number of benzene rings is 1. The second-order valence-electron chi connectivity index (χ2n) is 7.00. The lowest BCUT2D eigenvalue weighted by atomic mass is 9.92. The maximum absolute atomic E-state index is 12.8. The van der Waals surface area contributed by atoms with Gasteiger partial charge in [-0.05, 0) is 37.8 Å². The van der Waals surface area contributed by atoms with Crippen LogP contribution < -0.4 is 5.32 Å². The van der Waals surface area contributed by atoms with E-state index in [4.69, 9.17) is 0 Å². The van der Waals surface area contributed by atoms with Crippen LogP contribution in [0.25, 0.3) is 0 Å². The molecular weight excluding hydrogens is 358 g/mol. The lowest BCUT2D eigenvalue weighted by molar-refractivity contribution is -0.384. The Kier molecular flexibility index (Phi) is 5.79. The van der Waals surface area contributed by atoms with Crippen molar-refractivity contribution >= 4 is 21.4 Å². The van der Waals surface area contributed by atoms with Crippen molar-refractivity contribution in [3.8, 4) is 0 Å². The van der Waals surface area contributed by atoms with Crippen molar-refractivity contribution in [3.63, 3.8) is 0 Å². The first-order valence-electron chi connectivity index (χ1n) is 9.13. The van der Waals surface area contributed by atoms with Gasteiger partial charge < -0.3 is 10.4 Å². The standard InChI is InChI=1S/C17H25N3O5S/c21-17-7-3-2-6-15(17)18-14-9-8-13(12-16(14)20(22)23)26(24,25)19-10-4-1-5-11-19/h8-9,12,15,17-18,21H,1-7,10-11H2. The summed E-state index contributed by atoms with van der Waals surface area (Å²) >= 11 is 0. The van der Waals surface area contributed by atoms with E-state index in [0.29, 0.717) is 19.5 Å². The number of nitro groups is 1. The van der Waals surface area contributed by atoms with Crippen LogP contribution in [-0.2, 0) is 10.0 Å². The van der Waals surface area contributed by atoms with Crippen molar-refractivity contribution in [2.24, 2.45) is 0 Å². The summed E-state index contributed by atoms with van der Waals surface area (Å²) in [5.74, 6) is 0. The van der Waals surface area contributed by atoms with Crippen molar-refractivity contribution in [1.29, 1.82) is 0 Å². The van der Waals surface area contributed by atoms with Crippen molar-refractivity contribution in [2.45, 2.75) is 62.0 Å². The average molecular weight is 383 g/mol. The summed E-state index contributed by atoms with van der Waals surface area (Å²) in [6, 6.07) is 3.72. The molecule has 1 aliphatic heterocycles. The Bertz CT molecular complexity index is 762. The minimum Gasteiger partial charge on any atom is -0.391 e. The van der Waals surface area contributed by atoms with Gasteiger partial charge in [-0.2, -0.15) is 4.31 Å². The van der Waals surface area contributed by atoms with Crippen LogP contribution in [0.15, 0.2) is 23.1 Å². The second-order valence-corrected chi connectivity index (χ2v) is 8.94. The van der Waals surface area contributed by atoms with Gasteiger partial charge in [-0.25, -0.2) is 8.42 Å². The van der Waals surface area contributed by atoms with E-state index in [-0.39, 0.29) is 22.3 Å². The topological polar surface area (TPSA) is 113 Å². The smallest absolute Gasteiger partial charge is 0.293 e. The molecule has 1 aromatic carbocycles. The van der Waals surface area contributed by atoms with Crippen LogP contribution in [0.3, 0.4) is 0 Å². The SMILES string of the molecule is O=[N+]([O-])c1cc(S(=O)(=O)N2CCCCC2)ccc1NC1CCCCC1O. The second kappa shape index (κ2) is 7.89. The van der Waals surface area contributed by atoms with Crippen LogP contribution in [0.2, 0.25) is 0 Å². The summed E-state index contributed by atoms with van der Waals surface area (Å²) in [5.41, 5.74) is -0.0283. The summed E-state index contributed by atoms with van der Waals surface area (Å²) < 4.78 is 26.9. The highest BCUT2D eigenvalue weighted by atomic mass is 32.2. The Morgan fingerprint density at radius 3 is 2.46 bits per heavy atom. The molecule has 1 heterocycles. The number of sulfonamides is 1. The van der Waals surface area contributed by atoms with Gasteiger partial charge in [0.1, 0.15) is 5.69 Å². The molecule has 0 amide bonds. The first-order valence-corrected chi connectivity index (χ1v) is 10.6. The third kappa shape index (κ3) is 3.99. The molecule has 2 unspecified atom stereocenters. The van der Waals surface area contributed by atoms with Gasteiger partial charge in [0.25, 0.3) is 5.69 Å². The van der Waals surface area contributed by atoms with E-state index >= 15 is 0 Å². The predicted octanol–water partition coefficient (Wildman–Crippen LogP) is 2.48. The number of piperidine rings is 1. The first kappa shape index (κ1) is 19.1. The maximum Gasteiger partial charge on any atom is 0.293 e. The van der Waals surface area contributed by atoms with Crippen molar-refractivity contribution in [3.05, 3.63) is 28.3 Å².